The lowest BCUT2D eigenvalue weighted by molar-refractivity contribution is -0.137. The largest absolute Gasteiger partial charge is 0.462 e. The summed E-state index contributed by atoms with van der Waals surface area (Å²) in [5.74, 6) is -0.560. The first kappa shape index (κ1) is 14.0. The topological polar surface area (TPSA) is 50.1 Å². The van der Waals surface area contributed by atoms with Crippen LogP contribution in [0.4, 0.5) is 0 Å². The van der Waals surface area contributed by atoms with Crippen LogP contribution in [0.5, 0.6) is 0 Å². The number of carbonyl (C=O) groups excluding carboxylic acids is 1. The second kappa shape index (κ2) is 6.02. The van der Waals surface area contributed by atoms with Gasteiger partial charge >= 0.3 is 5.97 Å². The van der Waals surface area contributed by atoms with E-state index < -0.39 is 5.97 Å². The van der Waals surface area contributed by atoms with Gasteiger partial charge in [-0.3, -0.25) is 0 Å². The van der Waals surface area contributed by atoms with Gasteiger partial charge in [0.1, 0.15) is 11.6 Å². The molecule has 0 bridgehead atoms. The first-order valence-electron chi connectivity index (χ1n) is 5.87. The molecule has 0 atom stereocenters. The van der Waals surface area contributed by atoms with E-state index in [9.17, 15) is 4.79 Å². The van der Waals surface area contributed by atoms with Crippen LogP contribution in [-0.2, 0) is 9.53 Å². The number of nitrogens with zero attached hydrogens (tertiary/aromatic N) is 1. The zero-order chi connectivity index (χ0) is 13.7. The average Bonchev–Trinajstić information content (AvgIpc) is 2.33. The Kier molecular flexibility index (Phi) is 4.67. The van der Waals surface area contributed by atoms with Crippen LogP contribution in [0, 0.1) is 25.2 Å². The van der Waals surface area contributed by atoms with Gasteiger partial charge in [0.05, 0.1) is 6.61 Å². The molecule has 1 aromatic carbocycles. The molecule has 0 aliphatic rings. The van der Waals surface area contributed by atoms with Gasteiger partial charge in [-0.1, -0.05) is 18.2 Å². The van der Waals surface area contributed by atoms with Crippen molar-refractivity contribution in [2.75, 3.05) is 6.61 Å². The van der Waals surface area contributed by atoms with E-state index in [4.69, 9.17) is 10.00 Å². The van der Waals surface area contributed by atoms with Crippen molar-refractivity contribution in [3.8, 4) is 6.07 Å². The first-order valence-corrected chi connectivity index (χ1v) is 5.87. The quantitative estimate of drug-likeness (QED) is 0.465. The summed E-state index contributed by atoms with van der Waals surface area (Å²) in [6.07, 6.45) is 0. The van der Waals surface area contributed by atoms with Gasteiger partial charge in [-0.05, 0) is 50.0 Å². The standard InChI is InChI=1S/C15H17NO2/c1-5-18-15(17)14(9-16)12(4)13-7-6-10(2)11(3)8-13/h6-8H,5H2,1-4H3. The summed E-state index contributed by atoms with van der Waals surface area (Å²) in [7, 11) is 0. The van der Waals surface area contributed by atoms with Crippen molar-refractivity contribution in [3.05, 3.63) is 40.5 Å². The molecule has 0 amide bonds. The van der Waals surface area contributed by atoms with Crippen molar-refractivity contribution in [1.29, 1.82) is 5.26 Å². The Labute approximate surface area is 108 Å². The van der Waals surface area contributed by atoms with Crippen LogP contribution < -0.4 is 0 Å². The zero-order valence-electron chi connectivity index (χ0n) is 11.2. The molecule has 18 heavy (non-hydrogen) atoms. The molecule has 0 saturated carbocycles. The van der Waals surface area contributed by atoms with E-state index in [0.29, 0.717) is 5.57 Å². The minimum absolute atomic E-state index is 0.0695. The molecule has 94 valence electrons. The van der Waals surface area contributed by atoms with Gasteiger partial charge in [0.25, 0.3) is 0 Å². The summed E-state index contributed by atoms with van der Waals surface area (Å²) in [6, 6.07) is 7.79. The van der Waals surface area contributed by atoms with Crippen molar-refractivity contribution in [3.63, 3.8) is 0 Å². The number of ether oxygens (including phenoxy) is 1. The second-order valence-electron chi connectivity index (χ2n) is 4.13. The fraction of sp³-hybridized carbons (Fsp3) is 0.333. The van der Waals surface area contributed by atoms with Gasteiger partial charge in [-0.15, -0.1) is 0 Å². The van der Waals surface area contributed by atoms with Crippen LogP contribution in [0.15, 0.2) is 23.8 Å². The maximum absolute atomic E-state index is 11.6. The molecule has 0 aliphatic carbocycles. The molecule has 0 spiro atoms. The lowest BCUT2D eigenvalue weighted by Crippen LogP contribution is -2.08. The maximum Gasteiger partial charge on any atom is 0.349 e. The lowest BCUT2D eigenvalue weighted by Gasteiger charge is -2.08. The Bertz CT molecular complexity index is 536. The fourth-order valence-corrected chi connectivity index (χ4v) is 1.60. The molecular formula is C15H17NO2. The summed E-state index contributed by atoms with van der Waals surface area (Å²) in [4.78, 5) is 11.6. The number of aryl methyl sites for hydroxylation is 2. The van der Waals surface area contributed by atoms with E-state index in [-0.39, 0.29) is 12.2 Å². The summed E-state index contributed by atoms with van der Waals surface area (Å²) in [5.41, 5.74) is 3.91. The Balaban J connectivity index is 3.23. The normalized spacial score (nSPS) is 11.5. The third-order valence-electron chi connectivity index (χ3n) is 2.91. The summed E-state index contributed by atoms with van der Waals surface area (Å²) < 4.78 is 4.87. The lowest BCUT2D eigenvalue weighted by atomic mass is 9.98. The Morgan fingerprint density at radius 1 is 1.33 bits per heavy atom. The molecule has 0 heterocycles. The Morgan fingerprint density at radius 3 is 2.50 bits per heavy atom. The second-order valence-corrected chi connectivity index (χ2v) is 4.13. The molecule has 3 heteroatoms. The average molecular weight is 243 g/mol. The molecule has 0 fully saturated rings. The monoisotopic (exact) mass is 243 g/mol. The van der Waals surface area contributed by atoms with Crippen molar-refractivity contribution in [1.82, 2.24) is 0 Å². The smallest absolute Gasteiger partial charge is 0.349 e. The molecule has 3 nitrogen and oxygen atoms in total. The predicted octanol–water partition coefficient (Wildman–Crippen LogP) is 3.16. The number of rotatable bonds is 3. The summed E-state index contributed by atoms with van der Waals surface area (Å²) in [6.45, 7) is 7.78. The third kappa shape index (κ3) is 2.98. The predicted molar refractivity (Wildman–Crippen MR) is 70.8 cm³/mol. The van der Waals surface area contributed by atoms with E-state index in [1.165, 1.54) is 5.56 Å². The highest BCUT2D eigenvalue weighted by Gasteiger charge is 2.15. The van der Waals surface area contributed by atoms with Crippen molar-refractivity contribution in [2.24, 2.45) is 0 Å². The van der Waals surface area contributed by atoms with Gasteiger partial charge in [-0.2, -0.15) is 5.26 Å². The fourth-order valence-electron chi connectivity index (χ4n) is 1.60. The van der Waals surface area contributed by atoms with Crippen molar-refractivity contribution in [2.45, 2.75) is 27.7 Å². The van der Waals surface area contributed by atoms with Crippen LogP contribution in [-0.4, -0.2) is 12.6 Å². The number of hydrogen-bond donors (Lipinski definition) is 0. The first-order chi connectivity index (χ1) is 8.51. The van der Waals surface area contributed by atoms with E-state index in [1.807, 2.05) is 38.1 Å². The molecule has 0 N–H and O–H groups in total. The van der Waals surface area contributed by atoms with Gasteiger partial charge < -0.3 is 4.74 Å². The zero-order valence-corrected chi connectivity index (χ0v) is 11.2. The number of hydrogen-bond acceptors (Lipinski definition) is 3. The molecule has 0 aromatic heterocycles. The molecule has 0 saturated heterocycles. The number of nitriles is 1. The van der Waals surface area contributed by atoms with E-state index in [0.717, 1.165) is 11.1 Å². The maximum atomic E-state index is 11.6. The highest BCUT2D eigenvalue weighted by Crippen LogP contribution is 2.21. The SMILES string of the molecule is CCOC(=O)C(C#N)=C(C)c1ccc(C)c(C)c1. The van der Waals surface area contributed by atoms with Crippen molar-refractivity contribution >= 4 is 11.5 Å². The van der Waals surface area contributed by atoms with Crippen molar-refractivity contribution < 1.29 is 9.53 Å². The van der Waals surface area contributed by atoms with Crippen LogP contribution >= 0.6 is 0 Å². The highest BCUT2D eigenvalue weighted by molar-refractivity contribution is 6.01. The minimum atomic E-state index is -0.560. The van der Waals surface area contributed by atoms with Gasteiger partial charge in [-0.25, -0.2) is 4.79 Å². The van der Waals surface area contributed by atoms with Crippen LogP contribution in [0.3, 0.4) is 0 Å². The minimum Gasteiger partial charge on any atom is -0.462 e. The van der Waals surface area contributed by atoms with E-state index in [1.54, 1.807) is 13.8 Å². The van der Waals surface area contributed by atoms with Gasteiger partial charge in [0.2, 0.25) is 0 Å². The molecule has 1 rings (SSSR count). The molecular weight excluding hydrogens is 226 g/mol. The molecule has 0 radical (unpaired) electrons. The van der Waals surface area contributed by atoms with Crippen LogP contribution in [0.1, 0.15) is 30.5 Å². The Morgan fingerprint density at radius 2 is 2.00 bits per heavy atom. The highest BCUT2D eigenvalue weighted by atomic mass is 16.5. The summed E-state index contributed by atoms with van der Waals surface area (Å²) in [5, 5.41) is 9.07. The Hall–Kier alpha value is -2.08. The molecule has 1 aromatic rings. The molecule has 0 unspecified atom stereocenters. The number of benzene rings is 1. The number of esters is 1. The van der Waals surface area contributed by atoms with Crippen LogP contribution in [0.2, 0.25) is 0 Å². The molecule has 0 aliphatic heterocycles. The van der Waals surface area contributed by atoms with E-state index in [2.05, 4.69) is 0 Å². The van der Waals surface area contributed by atoms with Gasteiger partial charge in [0, 0.05) is 0 Å². The van der Waals surface area contributed by atoms with E-state index >= 15 is 0 Å². The summed E-state index contributed by atoms with van der Waals surface area (Å²) >= 11 is 0. The number of allylic oxidation sites excluding steroid dienone is 1. The third-order valence-corrected chi connectivity index (χ3v) is 2.91. The van der Waals surface area contributed by atoms with Gasteiger partial charge in [0.15, 0.2) is 0 Å². The van der Waals surface area contributed by atoms with Crippen LogP contribution in [0.25, 0.3) is 5.57 Å². The number of carbonyl (C=O) groups is 1.